The Balaban J connectivity index is 2.02. The van der Waals surface area contributed by atoms with Crippen LogP contribution in [0.2, 0.25) is 0 Å². The molecule has 2 aromatic rings. The fraction of sp³-hybridized carbons (Fsp3) is 0.333. The SMILES string of the molecule is CC(=O)c1ccc(NC(=O)[C@H](C)N[C@@H](c2ccccc2)C(C)C)cc1. The highest BCUT2D eigenvalue weighted by Crippen LogP contribution is 2.22. The largest absolute Gasteiger partial charge is 0.325 e. The Morgan fingerprint density at radius 3 is 2.00 bits per heavy atom. The van der Waals surface area contributed by atoms with Crippen molar-refractivity contribution in [2.75, 3.05) is 5.32 Å². The van der Waals surface area contributed by atoms with Crippen LogP contribution in [0.3, 0.4) is 0 Å². The quantitative estimate of drug-likeness (QED) is 0.744. The van der Waals surface area contributed by atoms with Gasteiger partial charge in [0.15, 0.2) is 5.78 Å². The highest BCUT2D eigenvalue weighted by atomic mass is 16.2. The maximum atomic E-state index is 12.5. The topological polar surface area (TPSA) is 58.2 Å². The summed E-state index contributed by atoms with van der Waals surface area (Å²) >= 11 is 0. The number of carbonyl (C=O) groups is 2. The van der Waals surface area contributed by atoms with Crippen LogP contribution in [0.15, 0.2) is 54.6 Å². The smallest absolute Gasteiger partial charge is 0.241 e. The van der Waals surface area contributed by atoms with E-state index in [1.165, 1.54) is 12.5 Å². The molecule has 0 saturated carbocycles. The zero-order valence-electron chi connectivity index (χ0n) is 15.2. The van der Waals surface area contributed by atoms with Gasteiger partial charge >= 0.3 is 0 Å². The number of benzene rings is 2. The molecule has 2 N–H and O–H groups in total. The first-order valence-electron chi connectivity index (χ1n) is 8.61. The van der Waals surface area contributed by atoms with Crippen LogP contribution in [0.4, 0.5) is 5.69 Å². The first-order valence-corrected chi connectivity index (χ1v) is 8.61. The number of hydrogen-bond donors (Lipinski definition) is 2. The van der Waals surface area contributed by atoms with Gasteiger partial charge in [-0.2, -0.15) is 0 Å². The molecule has 0 aromatic heterocycles. The van der Waals surface area contributed by atoms with Gasteiger partial charge < -0.3 is 5.32 Å². The molecule has 132 valence electrons. The number of rotatable bonds is 7. The van der Waals surface area contributed by atoms with Gasteiger partial charge in [-0.3, -0.25) is 14.9 Å². The van der Waals surface area contributed by atoms with Crippen molar-refractivity contribution >= 4 is 17.4 Å². The number of ketones is 1. The van der Waals surface area contributed by atoms with Crippen molar-refractivity contribution in [1.29, 1.82) is 0 Å². The minimum Gasteiger partial charge on any atom is -0.325 e. The van der Waals surface area contributed by atoms with E-state index in [4.69, 9.17) is 0 Å². The van der Waals surface area contributed by atoms with Gasteiger partial charge in [0.2, 0.25) is 5.91 Å². The third-order valence-electron chi connectivity index (χ3n) is 4.21. The van der Waals surface area contributed by atoms with Crippen LogP contribution in [0.25, 0.3) is 0 Å². The van der Waals surface area contributed by atoms with Gasteiger partial charge in [0, 0.05) is 17.3 Å². The number of Topliss-reactive ketones (excluding diaryl/α,β-unsaturated/α-hetero) is 1. The minimum absolute atomic E-state index is 0.00977. The Bertz CT molecular complexity index is 708. The van der Waals surface area contributed by atoms with E-state index in [1.54, 1.807) is 24.3 Å². The molecule has 2 atom stereocenters. The maximum Gasteiger partial charge on any atom is 0.241 e. The van der Waals surface area contributed by atoms with E-state index in [2.05, 4.69) is 36.6 Å². The van der Waals surface area contributed by atoms with E-state index in [0.29, 0.717) is 17.2 Å². The molecule has 0 radical (unpaired) electrons. The fourth-order valence-corrected chi connectivity index (χ4v) is 2.72. The number of hydrogen-bond acceptors (Lipinski definition) is 3. The molecule has 0 unspecified atom stereocenters. The van der Waals surface area contributed by atoms with Gasteiger partial charge in [-0.15, -0.1) is 0 Å². The second kappa shape index (κ2) is 8.58. The van der Waals surface area contributed by atoms with Crippen LogP contribution >= 0.6 is 0 Å². The molecule has 0 fully saturated rings. The molecule has 0 aliphatic rings. The van der Waals surface area contributed by atoms with Crippen molar-refractivity contribution in [1.82, 2.24) is 5.32 Å². The summed E-state index contributed by atoms with van der Waals surface area (Å²) in [6.07, 6.45) is 0. The lowest BCUT2D eigenvalue weighted by Gasteiger charge is -2.26. The molecule has 0 spiro atoms. The number of anilines is 1. The standard InChI is InChI=1S/C21H26N2O2/c1-14(2)20(18-8-6-5-7-9-18)22-15(3)21(25)23-19-12-10-17(11-13-19)16(4)24/h5-15,20,22H,1-4H3,(H,23,25)/t15-,20+/m0/s1. The van der Waals surface area contributed by atoms with Crippen molar-refractivity contribution in [3.05, 3.63) is 65.7 Å². The third-order valence-corrected chi connectivity index (χ3v) is 4.21. The molecule has 2 aromatic carbocycles. The Labute approximate surface area is 149 Å². The second-order valence-corrected chi connectivity index (χ2v) is 6.64. The summed E-state index contributed by atoms with van der Waals surface area (Å²) < 4.78 is 0. The molecule has 0 aliphatic heterocycles. The number of nitrogens with one attached hydrogen (secondary N) is 2. The highest BCUT2D eigenvalue weighted by molar-refractivity contribution is 5.97. The van der Waals surface area contributed by atoms with Crippen LogP contribution in [0, 0.1) is 5.92 Å². The molecule has 4 nitrogen and oxygen atoms in total. The Hall–Kier alpha value is -2.46. The monoisotopic (exact) mass is 338 g/mol. The Morgan fingerprint density at radius 2 is 1.48 bits per heavy atom. The van der Waals surface area contributed by atoms with Gasteiger partial charge in [-0.05, 0) is 49.6 Å². The van der Waals surface area contributed by atoms with E-state index in [0.717, 1.165) is 0 Å². The zero-order chi connectivity index (χ0) is 18.4. The average Bonchev–Trinajstić information content (AvgIpc) is 2.60. The molecular weight excluding hydrogens is 312 g/mol. The van der Waals surface area contributed by atoms with Gasteiger partial charge in [0.25, 0.3) is 0 Å². The molecule has 25 heavy (non-hydrogen) atoms. The minimum atomic E-state index is -0.347. The Kier molecular flexibility index (Phi) is 6.48. The van der Waals surface area contributed by atoms with E-state index < -0.39 is 0 Å². The summed E-state index contributed by atoms with van der Waals surface area (Å²) in [4.78, 5) is 23.8. The van der Waals surface area contributed by atoms with E-state index in [9.17, 15) is 9.59 Å². The molecule has 1 amide bonds. The summed E-state index contributed by atoms with van der Waals surface area (Å²) in [7, 11) is 0. The van der Waals surface area contributed by atoms with Crippen molar-refractivity contribution in [3.8, 4) is 0 Å². The molecule has 2 rings (SSSR count). The molecular formula is C21H26N2O2. The van der Waals surface area contributed by atoms with Gasteiger partial charge in [0.05, 0.1) is 6.04 Å². The third kappa shape index (κ3) is 5.26. The normalized spacial score (nSPS) is 13.3. The van der Waals surface area contributed by atoms with Gasteiger partial charge in [0.1, 0.15) is 0 Å². The molecule has 0 aliphatic carbocycles. The average molecular weight is 338 g/mol. The van der Waals surface area contributed by atoms with E-state index in [-0.39, 0.29) is 23.8 Å². The highest BCUT2D eigenvalue weighted by Gasteiger charge is 2.21. The van der Waals surface area contributed by atoms with Crippen molar-refractivity contribution in [2.24, 2.45) is 5.92 Å². The van der Waals surface area contributed by atoms with E-state index >= 15 is 0 Å². The zero-order valence-corrected chi connectivity index (χ0v) is 15.2. The fourth-order valence-electron chi connectivity index (χ4n) is 2.72. The summed E-state index contributed by atoms with van der Waals surface area (Å²) in [5.74, 6) is 0.264. The lowest BCUT2D eigenvalue weighted by molar-refractivity contribution is -0.118. The van der Waals surface area contributed by atoms with Crippen LogP contribution in [-0.4, -0.2) is 17.7 Å². The van der Waals surface area contributed by atoms with Crippen molar-refractivity contribution in [3.63, 3.8) is 0 Å². The van der Waals surface area contributed by atoms with Gasteiger partial charge in [-0.1, -0.05) is 44.2 Å². The lowest BCUT2D eigenvalue weighted by atomic mass is 9.95. The van der Waals surface area contributed by atoms with E-state index in [1.807, 2.05) is 25.1 Å². The first kappa shape index (κ1) is 18.9. The van der Waals surface area contributed by atoms with Gasteiger partial charge in [-0.25, -0.2) is 0 Å². The number of carbonyl (C=O) groups excluding carboxylic acids is 2. The van der Waals surface area contributed by atoms with Crippen molar-refractivity contribution in [2.45, 2.75) is 39.8 Å². The van der Waals surface area contributed by atoms with Crippen LogP contribution < -0.4 is 10.6 Å². The summed E-state index contributed by atoms with van der Waals surface area (Å²) in [6.45, 7) is 7.65. The maximum absolute atomic E-state index is 12.5. The summed E-state index contributed by atoms with van der Waals surface area (Å²) in [5, 5.41) is 6.31. The van der Waals surface area contributed by atoms with Crippen LogP contribution in [0.1, 0.15) is 49.7 Å². The molecule has 0 bridgehead atoms. The second-order valence-electron chi connectivity index (χ2n) is 6.64. The molecule has 0 heterocycles. The Morgan fingerprint density at radius 1 is 0.880 bits per heavy atom. The van der Waals surface area contributed by atoms with Crippen molar-refractivity contribution < 1.29 is 9.59 Å². The predicted octanol–water partition coefficient (Wildman–Crippen LogP) is 4.20. The molecule has 4 heteroatoms. The number of amides is 1. The summed E-state index contributed by atoms with van der Waals surface area (Å²) in [5.41, 5.74) is 2.49. The molecule has 0 saturated heterocycles. The predicted molar refractivity (Wildman–Crippen MR) is 102 cm³/mol. The lowest BCUT2D eigenvalue weighted by Crippen LogP contribution is -2.41. The summed E-state index contributed by atoms with van der Waals surface area (Å²) in [6, 6.07) is 16.8. The first-order chi connectivity index (χ1) is 11.9. The van der Waals surface area contributed by atoms with Crippen LogP contribution in [0.5, 0.6) is 0 Å². The van der Waals surface area contributed by atoms with Crippen LogP contribution in [-0.2, 0) is 4.79 Å².